The van der Waals surface area contributed by atoms with E-state index in [1.165, 1.54) is 6.07 Å². The van der Waals surface area contributed by atoms with Gasteiger partial charge in [-0.1, -0.05) is 6.58 Å². The maximum Gasteiger partial charge on any atom is 0.166 e. The van der Waals surface area contributed by atoms with Crippen LogP contribution in [0.3, 0.4) is 0 Å². The van der Waals surface area contributed by atoms with E-state index in [1.807, 2.05) is 19.2 Å². The summed E-state index contributed by atoms with van der Waals surface area (Å²) in [6.07, 6.45) is 5.67. The fourth-order valence-corrected chi connectivity index (χ4v) is 5.05. The molecule has 3 aromatic rings. The molecule has 29 heavy (non-hydrogen) atoms. The zero-order valence-corrected chi connectivity index (χ0v) is 16.2. The number of anilines is 1. The van der Waals surface area contributed by atoms with E-state index >= 15 is 0 Å². The second kappa shape index (κ2) is 5.72. The van der Waals surface area contributed by atoms with Crippen molar-refractivity contribution in [1.82, 2.24) is 19.9 Å². The molecule has 0 radical (unpaired) electrons. The summed E-state index contributed by atoms with van der Waals surface area (Å²) in [5.41, 5.74) is 3.09. The Bertz CT molecular complexity index is 1160. The summed E-state index contributed by atoms with van der Waals surface area (Å²) in [6.45, 7) is 7.65. The summed E-state index contributed by atoms with van der Waals surface area (Å²) in [6, 6.07) is 6.88. The van der Waals surface area contributed by atoms with Crippen LogP contribution in [-0.4, -0.2) is 33.8 Å². The van der Waals surface area contributed by atoms with Gasteiger partial charge in [0.1, 0.15) is 23.5 Å². The summed E-state index contributed by atoms with van der Waals surface area (Å²) in [7, 11) is 0. The van der Waals surface area contributed by atoms with E-state index < -0.39 is 0 Å². The molecule has 2 unspecified atom stereocenters. The third kappa shape index (κ3) is 2.33. The molecule has 3 aliphatic rings. The van der Waals surface area contributed by atoms with Gasteiger partial charge in [-0.25, -0.2) is 13.9 Å². The Kier molecular flexibility index (Phi) is 3.32. The summed E-state index contributed by atoms with van der Waals surface area (Å²) >= 11 is 0. The van der Waals surface area contributed by atoms with Gasteiger partial charge < -0.3 is 15.0 Å². The van der Waals surface area contributed by atoms with Crippen molar-refractivity contribution in [2.24, 2.45) is 5.92 Å². The number of aromatic nitrogens is 3. The molecule has 4 heterocycles. The van der Waals surface area contributed by atoms with Crippen molar-refractivity contribution >= 4 is 17.2 Å². The molecular weight excluding hydrogens is 369 g/mol. The average Bonchev–Trinajstić information content (AvgIpc) is 3.10. The molecular formula is C22H22FN5O. The second-order valence-corrected chi connectivity index (χ2v) is 8.31. The fourth-order valence-electron chi connectivity index (χ4n) is 5.05. The van der Waals surface area contributed by atoms with Crippen LogP contribution in [0.2, 0.25) is 0 Å². The molecule has 3 atom stereocenters. The first kappa shape index (κ1) is 16.8. The highest BCUT2D eigenvalue weighted by Gasteiger charge is 2.64. The Labute approximate surface area is 168 Å². The number of piperidine rings is 1. The average molecular weight is 391 g/mol. The number of benzene rings is 1. The van der Waals surface area contributed by atoms with Gasteiger partial charge in [0.05, 0.1) is 23.8 Å². The first-order chi connectivity index (χ1) is 14.1. The molecule has 7 heteroatoms. The lowest BCUT2D eigenvalue weighted by atomic mass is 10.0. The Morgan fingerprint density at radius 1 is 1.34 bits per heavy atom. The van der Waals surface area contributed by atoms with E-state index in [9.17, 15) is 4.39 Å². The monoisotopic (exact) mass is 391 g/mol. The highest BCUT2D eigenvalue weighted by molar-refractivity contribution is 5.74. The minimum Gasteiger partial charge on any atom is -0.489 e. The Hall–Kier alpha value is -3.09. The number of halogens is 1. The first-order valence-electron chi connectivity index (χ1n) is 10.1. The minimum atomic E-state index is -0.249. The molecule has 1 saturated carbocycles. The first-order valence-corrected chi connectivity index (χ1v) is 10.1. The summed E-state index contributed by atoms with van der Waals surface area (Å²) in [5, 5.41) is 7.75. The Balaban J connectivity index is 1.58. The van der Waals surface area contributed by atoms with E-state index in [4.69, 9.17) is 9.72 Å². The molecule has 2 aromatic heterocycles. The molecule has 1 N–H and O–H groups in total. The SMILES string of the molecule is C=C1NC[C@H](C)Oc2ccc(F)cc2C23CC2CCN3c2ccn3ncc1c3n2. The maximum atomic E-state index is 14.3. The quantitative estimate of drug-likeness (QED) is 0.637. The van der Waals surface area contributed by atoms with Gasteiger partial charge in [0, 0.05) is 24.0 Å². The number of hydrogen-bond donors (Lipinski definition) is 1. The lowest BCUT2D eigenvalue weighted by Crippen LogP contribution is -2.34. The van der Waals surface area contributed by atoms with Crippen LogP contribution < -0.4 is 15.0 Å². The number of fused-ring (bicyclic) bond motifs is 3. The highest BCUT2D eigenvalue weighted by Crippen LogP contribution is 2.65. The number of hydrogen-bond acceptors (Lipinski definition) is 5. The van der Waals surface area contributed by atoms with Crippen LogP contribution in [0, 0.1) is 11.7 Å². The van der Waals surface area contributed by atoms with Crippen molar-refractivity contribution in [1.29, 1.82) is 0 Å². The van der Waals surface area contributed by atoms with Crippen LogP contribution in [0.1, 0.15) is 30.9 Å². The van der Waals surface area contributed by atoms with Crippen molar-refractivity contribution in [2.45, 2.75) is 31.4 Å². The Morgan fingerprint density at radius 2 is 2.24 bits per heavy atom. The van der Waals surface area contributed by atoms with Crippen molar-refractivity contribution in [3.63, 3.8) is 0 Å². The fraction of sp³-hybridized carbons (Fsp3) is 0.364. The van der Waals surface area contributed by atoms with E-state index in [-0.39, 0.29) is 17.5 Å². The van der Waals surface area contributed by atoms with Crippen LogP contribution in [0.5, 0.6) is 5.75 Å². The molecule has 1 aliphatic carbocycles. The van der Waals surface area contributed by atoms with Crippen molar-refractivity contribution in [2.75, 3.05) is 18.0 Å². The summed E-state index contributed by atoms with van der Waals surface area (Å²) < 4.78 is 22.4. The molecule has 1 saturated heterocycles. The number of nitrogens with zero attached hydrogens (tertiary/aromatic N) is 4. The van der Waals surface area contributed by atoms with Gasteiger partial charge in [-0.3, -0.25) is 0 Å². The smallest absolute Gasteiger partial charge is 0.166 e. The summed E-state index contributed by atoms with van der Waals surface area (Å²) in [4.78, 5) is 7.28. The molecule has 2 fully saturated rings. The largest absolute Gasteiger partial charge is 0.489 e. The molecule has 6 nitrogen and oxygen atoms in total. The molecule has 2 aliphatic heterocycles. The van der Waals surface area contributed by atoms with Gasteiger partial charge in [-0.2, -0.15) is 5.10 Å². The lowest BCUT2D eigenvalue weighted by Gasteiger charge is -2.31. The third-order valence-corrected chi connectivity index (χ3v) is 6.55. The lowest BCUT2D eigenvalue weighted by molar-refractivity contribution is 0.219. The molecule has 6 rings (SSSR count). The normalized spacial score (nSPS) is 27.8. The second-order valence-electron chi connectivity index (χ2n) is 8.31. The number of ether oxygens (including phenoxy) is 1. The predicted octanol–water partition coefficient (Wildman–Crippen LogP) is 3.34. The van der Waals surface area contributed by atoms with E-state index in [0.717, 1.165) is 53.4 Å². The van der Waals surface area contributed by atoms with Crippen molar-refractivity contribution in [3.05, 3.63) is 60.2 Å². The minimum absolute atomic E-state index is 0.109. The van der Waals surface area contributed by atoms with Crippen molar-refractivity contribution in [3.8, 4) is 5.75 Å². The maximum absolute atomic E-state index is 14.3. The highest BCUT2D eigenvalue weighted by atomic mass is 19.1. The van der Waals surface area contributed by atoms with Gasteiger partial charge >= 0.3 is 0 Å². The third-order valence-electron chi connectivity index (χ3n) is 6.55. The van der Waals surface area contributed by atoms with Crippen LogP contribution in [-0.2, 0) is 5.54 Å². The van der Waals surface area contributed by atoms with Gasteiger partial charge in [-0.05, 0) is 49.9 Å². The van der Waals surface area contributed by atoms with Gasteiger partial charge in [0.2, 0.25) is 0 Å². The number of nitrogens with one attached hydrogen (secondary N) is 1. The van der Waals surface area contributed by atoms with Gasteiger partial charge in [-0.15, -0.1) is 0 Å². The molecule has 1 aromatic carbocycles. The predicted molar refractivity (Wildman–Crippen MR) is 108 cm³/mol. The summed E-state index contributed by atoms with van der Waals surface area (Å²) in [5.74, 6) is 1.89. The topological polar surface area (TPSA) is 54.7 Å². The van der Waals surface area contributed by atoms with E-state index in [2.05, 4.69) is 21.9 Å². The van der Waals surface area contributed by atoms with Crippen molar-refractivity contribution < 1.29 is 9.13 Å². The molecule has 0 amide bonds. The van der Waals surface area contributed by atoms with Crippen LogP contribution in [0.25, 0.3) is 11.3 Å². The molecule has 2 bridgehead atoms. The number of rotatable bonds is 0. The Morgan fingerprint density at radius 3 is 3.10 bits per heavy atom. The van der Waals surface area contributed by atoms with E-state index in [0.29, 0.717) is 12.5 Å². The molecule has 148 valence electrons. The van der Waals surface area contributed by atoms with E-state index in [1.54, 1.807) is 22.8 Å². The van der Waals surface area contributed by atoms with Crippen LogP contribution in [0.4, 0.5) is 10.2 Å². The standard InChI is InChI=1S/C22H22FN5O/c1-13-11-24-14(2)17-12-25-28-8-6-20(26-21(17)28)27-7-5-15-10-22(15,27)18-9-16(23)3-4-19(18)29-13/h3-4,6,8-9,12-13,15,24H,2,5,7,10-11H2,1H3/t13-,15?,22?/m0/s1. The van der Waals surface area contributed by atoms with Crippen LogP contribution >= 0.6 is 0 Å². The van der Waals surface area contributed by atoms with Crippen LogP contribution in [0.15, 0.2) is 43.2 Å². The zero-order valence-electron chi connectivity index (χ0n) is 16.2. The zero-order chi connectivity index (χ0) is 19.8. The van der Waals surface area contributed by atoms with Gasteiger partial charge in [0.25, 0.3) is 0 Å². The van der Waals surface area contributed by atoms with Gasteiger partial charge in [0.15, 0.2) is 5.65 Å². The molecule has 1 spiro atoms.